The zero-order valence-electron chi connectivity index (χ0n) is 12.7. The van der Waals surface area contributed by atoms with E-state index in [4.69, 9.17) is 5.11 Å². The molecule has 0 amide bonds. The highest BCUT2D eigenvalue weighted by atomic mass is 32.2. The van der Waals surface area contributed by atoms with Crippen LogP contribution in [-0.4, -0.2) is 36.0 Å². The lowest BCUT2D eigenvalue weighted by molar-refractivity contribution is 0.188. The molecule has 1 aromatic heterocycles. The fraction of sp³-hybridized carbons (Fsp3) is 0.786. The summed E-state index contributed by atoms with van der Waals surface area (Å²) >= 11 is 0. The Hall–Kier alpha value is -0.920. The van der Waals surface area contributed by atoms with E-state index in [0.717, 1.165) is 25.7 Å². The van der Waals surface area contributed by atoms with Gasteiger partial charge in [0.05, 0.1) is 6.20 Å². The number of aryl methyl sites for hydroxylation is 1. The van der Waals surface area contributed by atoms with Gasteiger partial charge in [0, 0.05) is 25.4 Å². The largest absolute Gasteiger partial charge is 0.396 e. The van der Waals surface area contributed by atoms with Crippen molar-refractivity contribution >= 4 is 10.0 Å². The lowest BCUT2D eigenvalue weighted by Crippen LogP contribution is -2.46. The van der Waals surface area contributed by atoms with Crippen LogP contribution in [0, 0.1) is 5.41 Å². The molecule has 7 heteroatoms. The molecule has 1 saturated carbocycles. The van der Waals surface area contributed by atoms with Crippen LogP contribution >= 0.6 is 0 Å². The number of sulfonamides is 1. The Morgan fingerprint density at radius 2 is 2.24 bits per heavy atom. The highest BCUT2D eigenvalue weighted by Crippen LogP contribution is 2.36. The van der Waals surface area contributed by atoms with E-state index >= 15 is 0 Å². The molecule has 1 unspecified atom stereocenters. The number of nitrogens with zero attached hydrogens (tertiary/aromatic N) is 2. The van der Waals surface area contributed by atoms with Gasteiger partial charge >= 0.3 is 0 Å². The molecular formula is C14H25N3O3S. The third-order valence-corrected chi connectivity index (χ3v) is 5.70. The second-order valence-electron chi connectivity index (χ2n) is 6.42. The van der Waals surface area contributed by atoms with E-state index < -0.39 is 10.0 Å². The third kappa shape index (κ3) is 4.05. The first-order valence-electron chi connectivity index (χ1n) is 7.51. The average Bonchev–Trinajstić information content (AvgIpc) is 2.88. The number of aromatic nitrogens is 2. The molecule has 0 aromatic carbocycles. The van der Waals surface area contributed by atoms with Crippen LogP contribution < -0.4 is 4.72 Å². The van der Waals surface area contributed by atoms with E-state index in [0.29, 0.717) is 13.0 Å². The minimum Gasteiger partial charge on any atom is -0.396 e. The van der Waals surface area contributed by atoms with Crippen LogP contribution in [0.5, 0.6) is 0 Å². The summed E-state index contributed by atoms with van der Waals surface area (Å²) < 4.78 is 29.3. The normalized spacial score (nSPS) is 22.3. The summed E-state index contributed by atoms with van der Waals surface area (Å²) in [6.45, 7) is 4.81. The Labute approximate surface area is 126 Å². The molecule has 21 heavy (non-hydrogen) atoms. The molecule has 2 rings (SSSR count). The molecule has 0 aliphatic heterocycles. The predicted molar refractivity (Wildman–Crippen MR) is 80.3 cm³/mol. The number of hydrogen-bond donors (Lipinski definition) is 2. The van der Waals surface area contributed by atoms with Crippen LogP contribution in [-0.2, 0) is 16.6 Å². The Morgan fingerprint density at radius 1 is 1.48 bits per heavy atom. The molecule has 1 fully saturated rings. The zero-order chi connectivity index (χ0) is 15.5. The van der Waals surface area contributed by atoms with Crippen LogP contribution in [0.1, 0.15) is 46.0 Å². The van der Waals surface area contributed by atoms with Crippen molar-refractivity contribution in [1.29, 1.82) is 0 Å². The molecule has 120 valence electrons. The second kappa shape index (κ2) is 6.46. The van der Waals surface area contributed by atoms with Gasteiger partial charge in [-0.05, 0) is 24.7 Å². The van der Waals surface area contributed by atoms with Crippen molar-refractivity contribution in [2.45, 2.75) is 63.4 Å². The maximum atomic E-state index is 12.5. The molecule has 1 aromatic rings. The van der Waals surface area contributed by atoms with Crippen molar-refractivity contribution in [2.24, 2.45) is 5.41 Å². The van der Waals surface area contributed by atoms with E-state index in [2.05, 4.69) is 23.7 Å². The van der Waals surface area contributed by atoms with Gasteiger partial charge in [-0.2, -0.15) is 5.10 Å². The van der Waals surface area contributed by atoms with Gasteiger partial charge in [-0.15, -0.1) is 0 Å². The quantitative estimate of drug-likeness (QED) is 0.833. The summed E-state index contributed by atoms with van der Waals surface area (Å²) in [6, 6.07) is -0.0305. The Bertz CT molecular complexity index is 566. The van der Waals surface area contributed by atoms with E-state index in [-0.39, 0.29) is 23.0 Å². The molecule has 1 aliphatic rings. The first-order valence-corrected chi connectivity index (χ1v) is 8.99. The molecule has 0 saturated heterocycles. The average molecular weight is 315 g/mol. The van der Waals surface area contributed by atoms with Gasteiger partial charge in [-0.1, -0.05) is 26.7 Å². The van der Waals surface area contributed by atoms with Gasteiger partial charge in [0.1, 0.15) is 4.90 Å². The summed E-state index contributed by atoms with van der Waals surface area (Å²) in [4.78, 5) is 0.196. The molecule has 6 nitrogen and oxygen atoms in total. The first-order chi connectivity index (χ1) is 9.85. The standard InChI is InChI=1S/C14H25N3O3S/c1-14(2)7-4-3-6-13(14)16-21(19,20)12-10-15-17(11-12)8-5-9-18/h10-11,13,16,18H,3-9H2,1-2H3. The van der Waals surface area contributed by atoms with E-state index in [9.17, 15) is 8.42 Å². The molecule has 0 spiro atoms. The van der Waals surface area contributed by atoms with Gasteiger partial charge in [0.2, 0.25) is 10.0 Å². The molecule has 1 atom stereocenters. The van der Waals surface area contributed by atoms with E-state index in [1.165, 1.54) is 12.4 Å². The number of hydrogen-bond acceptors (Lipinski definition) is 4. The van der Waals surface area contributed by atoms with Gasteiger partial charge in [0.25, 0.3) is 0 Å². The lowest BCUT2D eigenvalue weighted by Gasteiger charge is -2.38. The van der Waals surface area contributed by atoms with Crippen molar-refractivity contribution < 1.29 is 13.5 Å². The fourth-order valence-electron chi connectivity index (χ4n) is 2.81. The van der Waals surface area contributed by atoms with Gasteiger partial charge < -0.3 is 5.11 Å². The Kier molecular flexibility index (Phi) is 5.06. The van der Waals surface area contributed by atoms with Crippen LogP contribution in [0.3, 0.4) is 0 Å². The van der Waals surface area contributed by atoms with Crippen LogP contribution in [0.25, 0.3) is 0 Å². The minimum absolute atomic E-state index is 0.0157. The molecular weight excluding hydrogens is 290 g/mol. The maximum Gasteiger partial charge on any atom is 0.243 e. The minimum atomic E-state index is -3.53. The smallest absolute Gasteiger partial charge is 0.243 e. The maximum absolute atomic E-state index is 12.5. The Morgan fingerprint density at radius 3 is 2.90 bits per heavy atom. The van der Waals surface area contributed by atoms with Crippen molar-refractivity contribution in [2.75, 3.05) is 6.61 Å². The SMILES string of the molecule is CC1(C)CCCCC1NS(=O)(=O)c1cnn(CCCO)c1. The highest BCUT2D eigenvalue weighted by Gasteiger charge is 2.35. The highest BCUT2D eigenvalue weighted by molar-refractivity contribution is 7.89. The third-order valence-electron chi connectivity index (χ3n) is 4.27. The lowest BCUT2D eigenvalue weighted by atomic mass is 9.74. The summed E-state index contributed by atoms with van der Waals surface area (Å²) in [5, 5.41) is 12.8. The first kappa shape index (κ1) is 16.5. The van der Waals surface area contributed by atoms with Crippen LogP contribution in [0.2, 0.25) is 0 Å². The van der Waals surface area contributed by atoms with Gasteiger partial charge in [0.15, 0.2) is 0 Å². The topological polar surface area (TPSA) is 84.2 Å². The number of aliphatic hydroxyl groups is 1. The summed E-state index contributed by atoms with van der Waals surface area (Å²) in [5.41, 5.74) is -0.0157. The van der Waals surface area contributed by atoms with E-state index in [1.54, 1.807) is 4.68 Å². The predicted octanol–water partition coefficient (Wildman–Crippen LogP) is 1.51. The number of aliphatic hydroxyl groups excluding tert-OH is 1. The number of rotatable bonds is 6. The fourth-order valence-corrected chi connectivity index (χ4v) is 4.20. The summed E-state index contributed by atoms with van der Waals surface area (Å²) in [7, 11) is -3.53. The van der Waals surface area contributed by atoms with Crippen molar-refractivity contribution in [3.05, 3.63) is 12.4 Å². The monoisotopic (exact) mass is 315 g/mol. The number of nitrogens with one attached hydrogen (secondary N) is 1. The van der Waals surface area contributed by atoms with Gasteiger partial charge in [-0.3, -0.25) is 4.68 Å². The molecule has 0 bridgehead atoms. The summed E-state index contributed by atoms with van der Waals surface area (Å²) in [6.07, 6.45) is 7.59. The zero-order valence-corrected chi connectivity index (χ0v) is 13.6. The second-order valence-corrected chi connectivity index (χ2v) is 8.14. The Balaban J connectivity index is 2.09. The van der Waals surface area contributed by atoms with Crippen molar-refractivity contribution in [3.8, 4) is 0 Å². The molecule has 1 aliphatic carbocycles. The van der Waals surface area contributed by atoms with Crippen molar-refractivity contribution in [1.82, 2.24) is 14.5 Å². The van der Waals surface area contributed by atoms with Crippen LogP contribution in [0.4, 0.5) is 0 Å². The molecule has 2 N–H and O–H groups in total. The molecule has 1 heterocycles. The van der Waals surface area contributed by atoms with E-state index in [1.807, 2.05) is 0 Å². The van der Waals surface area contributed by atoms with Crippen molar-refractivity contribution in [3.63, 3.8) is 0 Å². The van der Waals surface area contributed by atoms with Gasteiger partial charge in [-0.25, -0.2) is 13.1 Å². The van der Waals surface area contributed by atoms with Crippen LogP contribution in [0.15, 0.2) is 17.3 Å². The molecule has 0 radical (unpaired) electrons. The summed E-state index contributed by atoms with van der Waals surface area (Å²) in [5.74, 6) is 0.